The molecule has 1 saturated heterocycles. The van der Waals surface area contributed by atoms with E-state index in [-0.39, 0.29) is 35.5 Å². The number of ether oxygens (including phenoxy) is 1. The van der Waals surface area contributed by atoms with Gasteiger partial charge in [-0.2, -0.15) is 0 Å². The van der Waals surface area contributed by atoms with Gasteiger partial charge in [0.2, 0.25) is 0 Å². The second-order valence-corrected chi connectivity index (χ2v) is 7.19. The van der Waals surface area contributed by atoms with Gasteiger partial charge in [-0.05, 0) is 37.8 Å². The molecule has 0 aromatic rings. The van der Waals surface area contributed by atoms with Crippen LogP contribution in [0.25, 0.3) is 0 Å². The summed E-state index contributed by atoms with van der Waals surface area (Å²) >= 11 is 0. The smallest absolute Gasteiger partial charge is 0.191 e. The lowest BCUT2D eigenvalue weighted by molar-refractivity contribution is 0.0205. The van der Waals surface area contributed by atoms with Gasteiger partial charge in [-0.25, -0.2) is 0 Å². The normalized spacial score (nSPS) is 21.9. The van der Waals surface area contributed by atoms with Gasteiger partial charge in [0.05, 0.1) is 6.10 Å². The third-order valence-corrected chi connectivity index (χ3v) is 4.21. The molecule has 1 heterocycles. The highest BCUT2D eigenvalue weighted by atomic mass is 127. The third kappa shape index (κ3) is 7.97. The quantitative estimate of drug-likeness (QED) is 0.402. The van der Waals surface area contributed by atoms with E-state index < -0.39 is 0 Å². The molecule has 1 aliphatic heterocycles. The van der Waals surface area contributed by atoms with Crippen LogP contribution in [0.4, 0.5) is 0 Å². The number of guanidine groups is 1. The molecule has 22 heavy (non-hydrogen) atoms. The monoisotopic (exact) mass is 426 g/mol. The number of methoxy groups -OCH3 is 1. The molecular formula is C16H35IN4O. The molecule has 2 N–H and O–H groups in total. The van der Waals surface area contributed by atoms with Crippen LogP contribution < -0.4 is 10.6 Å². The van der Waals surface area contributed by atoms with E-state index in [2.05, 4.69) is 48.3 Å². The Balaban J connectivity index is 0.00000441. The minimum Gasteiger partial charge on any atom is -0.379 e. The van der Waals surface area contributed by atoms with E-state index in [4.69, 9.17) is 4.74 Å². The van der Waals surface area contributed by atoms with Crippen LogP contribution in [0.5, 0.6) is 0 Å². The van der Waals surface area contributed by atoms with Crippen LogP contribution in [-0.4, -0.2) is 64.3 Å². The fourth-order valence-electron chi connectivity index (χ4n) is 2.83. The maximum absolute atomic E-state index is 5.57. The van der Waals surface area contributed by atoms with Crippen LogP contribution in [0.2, 0.25) is 0 Å². The number of hydrogen-bond acceptors (Lipinski definition) is 3. The number of likely N-dealkylation sites (tertiary alicyclic amines) is 1. The standard InChI is InChI=1S/C16H34N4O.HI/c1-16(2,3)14(21-6)11-19-15(17-4)18-10-13-8-7-9-20(5)12-13;/h13-14H,7-12H2,1-6H3,(H2,17,18,19);1H. The van der Waals surface area contributed by atoms with Crippen molar-refractivity contribution in [1.82, 2.24) is 15.5 Å². The van der Waals surface area contributed by atoms with Gasteiger partial charge in [0, 0.05) is 33.8 Å². The second-order valence-electron chi connectivity index (χ2n) is 7.19. The Bertz CT molecular complexity index is 331. The van der Waals surface area contributed by atoms with E-state index in [1.807, 2.05) is 7.05 Å². The average molecular weight is 426 g/mol. The SMILES string of the molecule is CN=C(NCC1CCCN(C)C1)NCC(OC)C(C)(C)C.I. The lowest BCUT2D eigenvalue weighted by Gasteiger charge is -2.31. The molecule has 2 unspecified atom stereocenters. The molecule has 0 amide bonds. The van der Waals surface area contributed by atoms with Crippen LogP contribution in [0.15, 0.2) is 4.99 Å². The van der Waals surface area contributed by atoms with Crippen molar-refractivity contribution >= 4 is 29.9 Å². The number of aliphatic imine (C=N–C) groups is 1. The van der Waals surface area contributed by atoms with Gasteiger partial charge < -0.3 is 20.3 Å². The largest absolute Gasteiger partial charge is 0.379 e. The minimum absolute atomic E-state index is 0. The molecule has 2 atom stereocenters. The highest BCUT2D eigenvalue weighted by Crippen LogP contribution is 2.20. The van der Waals surface area contributed by atoms with Crippen molar-refractivity contribution < 1.29 is 4.74 Å². The number of nitrogens with one attached hydrogen (secondary N) is 2. The lowest BCUT2D eigenvalue weighted by atomic mass is 9.89. The maximum atomic E-state index is 5.57. The molecule has 1 rings (SSSR count). The van der Waals surface area contributed by atoms with Crippen molar-refractivity contribution in [3.63, 3.8) is 0 Å². The first-order valence-electron chi connectivity index (χ1n) is 8.02. The van der Waals surface area contributed by atoms with Crippen molar-refractivity contribution in [3.05, 3.63) is 0 Å². The highest BCUT2D eigenvalue weighted by molar-refractivity contribution is 14.0. The van der Waals surface area contributed by atoms with Crippen molar-refractivity contribution in [3.8, 4) is 0 Å². The summed E-state index contributed by atoms with van der Waals surface area (Å²) in [6.07, 6.45) is 2.76. The number of hydrogen-bond donors (Lipinski definition) is 2. The Labute approximate surface area is 153 Å². The van der Waals surface area contributed by atoms with Gasteiger partial charge in [-0.1, -0.05) is 20.8 Å². The number of piperidine rings is 1. The first-order valence-corrected chi connectivity index (χ1v) is 8.02. The van der Waals surface area contributed by atoms with Crippen LogP contribution in [0.1, 0.15) is 33.6 Å². The van der Waals surface area contributed by atoms with E-state index in [0.717, 1.165) is 19.0 Å². The van der Waals surface area contributed by atoms with Gasteiger partial charge in [0.1, 0.15) is 0 Å². The Hall–Kier alpha value is -0.0800. The van der Waals surface area contributed by atoms with Gasteiger partial charge >= 0.3 is 0 Å². The fourth-order valence-corrected chi connectivity index (χ4v) is 2.83. The number of halogens is 1. The molecule has 0 aromatic carbocycles. The highest BCUT2D eigenvalue weighted by Gasteiger charge is 2.24. The van der Waals surface area contributed by atoms with Gasteiger partial charge in [0.15, 0.2) is 5.96 Å². The summed E-state index contributed by atoms with van der Waals surface area (Å²) in [7, 11) is 5.79. The molecule has 0 bridgehead atoms. The third-order valence-electron chi connectivity index (χ3n) is 4.21. The predicted molar refractivity (Wildman–Crippen MR) is 105 cm³/mol. The average Bonchev–Trinajstić information content (AvgIpc) is 2.41. The second kappa shape index (κ2) is 10.6. The molecule has 6 heteroatoms. The Morgan fingerprint density at radius 1 is 1.36 bits per heavy atom. The Morgan fingerprint density at radius 3 is 2.55 bits per heavy atom. The Kier molecular flexibility index (Phi) is 10.6. The topological polar surface area (TPSA) is 48.9 Å². The molecule has 1 aliphatic rings. The summed E-state index contributed by atoms with van der Waals surface area (Å²) < 4.78 is 5.57. The maximum Gasteiger partial charge on any atom is 0.191 e. The summed E-state index contributed by atoms with van der Waals surface area (Å²) in [5.41, 5.74) is 0.118. The molecule has 0 aromatic heterocycles. The zero-order valence-corrected chi connectivity index (χ0v) is 17.4. The molecule has 5 nitrogen and oxygen atoms in total. The summed E-state index contributed by atoms with van der Waals surface area (Å²) in [5.74, 6) is 1.58. The van der Waals surface area contributed by atoms with Gasteiger partial charge in [0.25, 0.3) is 0 Å². The fraction of sp³-hybridized carbons (Fsp3) is 0.938. The molecule has 0 radical (unpaired) electrons. The van der Waals surface area contributed by atoms with Crippen LogP contribution in [0.3, 0.4) is 0 Å². The zero-order valence-electron chi connectivity index (χ0n) is 15.1. The van der Waals surface area contributed by atoms with Crippen LogP contribution in [0, 0.1) is 11.3 Å². The zero-order chi connectivity index (χ0) is 15.9. The number of rotatable bonds is 5. The first-order chi connectivity index (χ1) is 9.86. The van der Waals surface area contributed by atoms with E-state index in [1.54, 1.807) is 7.11 Å². The number of nitrogens with zero attached hydrogens (tertiary/aromatic N) is 2. The van der Waals surface area contributed by atoms with Crippen molar-refractivity contribution in [2.75, 3.05) is 47.4 Å². The molecule has 0 spiro atoms. The summed E-state index contributed by atoms with van der Waals surface area (Å²) in [6.45, 7) is 10.7. The van der Waals surface area contributed by atoms with E-state index in [1.165, 1.54) is 25.9 Å². The summed E-state index contributed by atoms with van der Waals surface area (Å²) in [5, 5.41) is 6.83. The van der Waals surface area contributed by atoms with Crippen LogP contribution >= 0.6 is 24.0 Å². The van der Waals surface area contributed by atoms with Crippen molar-refractivity contribution in [1.29, 1.82) is 0 Å². The predicted octanol–water partition coefficient (Wildman–Crippen LogP) is 2.17. The molecule has 0 saturated carbocycles. The van der Waals surface area contributed by atoms with E-state index in [9.17, 15) is 0 Å². The van der Waals surface area contributed by atoms with Gasteiger partial charge in [-0.3, -0.25) is 4.99 Å². The van der Waals surface area contributed by atoms with Gasteiger partial charge in [-0.15, -0.1) is 24.0 Å². The Morgan fingerprint density at radius 2 is 2.05 bits per heavy atom. The minimum atomic E-state index is 0. The lowest BCUT2D eigenvalue weighted by Crippen LogP contribution is -2.47. The molecule has 1 fully saturated rings. The molecule has 0 aliphatic carbocycles. The first kappa shape index (κ1) is 21.9. The molecular weight excluding hydrogens is 391 g/mol. The van der Waals surface area contributed by atoms with Crippen molar-refractivity contribution in [2.45, 2.75) is 39.7 Å². The van der Waals surface area contributed by atoms with E-state index in [0.29, 0.717) is 5.92 Å². The van der Waals surface area contributed by atoms with E-state index >= 15 is 0 Å². The van der Waals surface area contributed by atoms with Crippen molar-refractivity contribution in [2.24, 2.45) is 16.3 Å². The summed E-state index contributed by atoms with van der Waals surface area (Å²) in [6, 6.07) is 0. The van der Waals surface area contributed by atoms with Crippen LogP contribution in [-0.2, 0) is 4.74 Å². The molecule has 132 valence electrons. The summed E-state index contributed by atoms with van der Waals surface area (Å²) in [4.78, 5) is 6.71.